The fraction of sp³-hybridized carbons (Fsp3) is 0.692. The highest BCUT2D eigenvalue weighted by Crippen LogP contribution is 2.45. The van der Waals surface area contributed by atoms with E-state index in [0.29, 0.717) is 5.57 Å². The molecule has 15 heavy (non-hydrogen) atoms. The summed E-state index contributed by atoms with van der Waals surface area (Å²) in [5, 5.41) is 10.5. The third-order valence-electron chi connectivity index (χ3n) is 4.23. The summed E-state index contributed by atoms with van der Waals surface area (Å²) < 4.78 is 0. The average Bonchev–Trinajstić information content (AvgIpc) is 2.02. The lowest BCUT2D eigenvalue weighted by molar-refractivity contribution is -0.0503. The Balaban J connectivity index is 5.50. The molecular formula is C13H25NO. The maximum Gasteiger partial charge on any atom is 0.0894 e. The van der Waals surface area contributed by atoms with E-state index in [4.69, 9.17) is 5.73 Å². The van der Waals surface area contributed by atoms with E-state index in [9.17, 15) is 5.11 Å². The van der Waals surface area contributed by atoms with Crippen molar-refractivity contribution in [3.8, 4) is 0 Å². The lowest BCUT2D eigenvalue weighted by Crippen LogP contribution is -2.61. The third-order valence-corrected chi connectivity index (χ3v) is 4.23. The first-order valence-electron chi connectivity index (χ1n) is 5.22. The van der Waals surface area contributed by atoms with Gasteiger partial charge in [0.15, 0.2) is 0 Å². The first-order chi connectivity index (χ1) is 6.39. The molecule has 0 aliphatic carbocycles. The fourth-order valence-electron chi connectivity index (χ4n) is 1.57. The average molecular weight is 211 g/mol. The van der Waals surface area contributed by atoms with Gasteiger partial charge < -0.3 is 10.8 Å². The van der Waals surface area contributed by atoms with Crippen molar-refractivity contribution in [2.75, 3.05) is 0 Å². The van der Waals surface area contributed by atoms with Crippen molar-refractivity contribution < 1.29 is 5.11 Å². The molecule has 0 aliphatic rings. The van der Waals surface area contributed by atoms with Gasteiger partial charge in [0.2, 0.25) is 0 Å². The Morgan fingerprint density at radius 1 is 1.00 bits per heavy atom. The first-order valence-corrected chi connectivity index (χ1v) is 5.22. The van der Waals surface area contributed by atoms with Crippen LogP contribution in [-0.4, -0.2) is 16.2 Å². The summed E-state index contributed by atoms with van der Waals surface area (Å²) in [7, 11) is 0. The molecule has 0 spiro atoms. The van der Waals surface area contributed by atoms with E-state index in [2.05, 4.69) is 13.2 Å². The Labute approximate surface area is 93.9 Å². The van der Waals surface area contributed by atoms with E-state index >= 15 is 0 Å². The van der Waals surface area contributed by atoms with E-state index in [1.54, 1.807) is 6.92 Å². The van der Waals surface area contributed by atoms with Gasteiger partial charge in [0.1, 0.15) is 0 Å². The predicted molar refractivity (Wildman–Crippen MR) is 66.6 cm³/mol. The molecule has 0 aliphatic heterocycles. The highest BCUT2D eigenvalue weighted by atomic mass is 16.3. The molecule has 0 aromatic rings. The summed E-state index contributed by atoms with van der Waals surface area (Å²) in [5.74, 6) is 0. The van der Waals surface area contributed by atoms with E-state index in [1.807, 2.05) is 34.6 Å². The Morgan fingerprint density at radius 3 is 1.53 bits per heavy atom. The van der Waals surface area contributed by atoms with Crippen molar-refractivity contribution in [1.82, 2.24) is 0 Å². The van der Waals surface area contributed by atoms with Crippen LogP contribution in [0.15, 0.2) is 24.3 Å². The maximum atomic E-state index is 10.5. The molecule has 0 saturated heterocycles. The van der Waals surface area contributed by atoms with Crippen molar-refractivity contribution in [2.45, 2.75) is 52.7 Å². The number of hydrogen-bond donors (Lipinski definition) is 2. The highest BCUT2D eigenvalue weighted by Gasteiger charge is 2.51. The van der Waals surface area contributed by atoms with Gasteiger partial charge in [0.05, 0.1) is 5.60 Å². The molecular weight excluding hydrogens is 186 g/mol. The largest absolute Gasteiger partial charge is 0.385 e. The lowest BCUT2D eigenvalue weighted by atomic mass is 9.59. The molecule has 0 amide bonds. The van der Waals surface area contributed by atoms with E-state index in [0.717, 1.165) is 5.57 Å². The standard InChI is InChI=1S/C13H25NO/c1-9(2)12(7,14)11(5,6)13(8,15)10(3)4/h15H,1,3,14H2,2,4-8H3/t12-,13+/m1/s1. The Kier molecular flexibility index (Phi) is 3.61. The molecule has 0 radical (unpaired) electrons. The number of aliphatic hydroxyl groups is 1. The highest BCUT2D eigenvalue weighted by molar-refractivity contribution is 5.26. The van der Waals surface area contributed by atoms with Crippen LogP contribution in [0.1, 0.15) is 41.5 Å². The Morgan fingerprint density at radius 2 is 1.33 bits per heavy atom. The lowest BCUT2D eigenvalue weighted by Gasteiger charge is -2.51. The minimum absolute atomic E-state index is 0.530. The van der Waals surface area contributed by atoms with Crippen LogP contribution < -0.4 is 5.73 Å². The second kappa shape index (κ2) is 3.76. The van der Waals surface area contributed by atoms with Gasteiger partial charge in [-0.25, -0.2) is 0 Å². The minimum Gasteiger partial charge on any atom is -0.385 e. The van der Waals surface area contributed by atoms with Crippen LogP contribution in [0.3, 0.4) is 0 Å². The molecule has 0 rings (SSSR count). The molecule has 0 heterocycles. The second-order valence-corrected chi connectivity index (χ2v) is 5.46. The van der Waals surface area contributed by atoms with Gasteiger partial charge in [-0.15, -0.1) is 0 Å². The summed E-state index contributed by atoms with van der Waals surface area (Å²) in [6.45, 7) is 19.0. The first kappa shape index (κ1) is 14.4. The van der Waals surface area contributed by atoms with Gasteiger partial charge in [-0.2, -0.15) is 0 Å². The molecule has 3 N–H and O–H groups in total. The number of nitrogens with two attached hydrogens (primary N) is 1. The molecule has 88 valence electrons. The predicted octanol–water partition coefficient (Wildman–Crippen LogP) is 2.63. The topological polar surface area (TPSA) is 46.2 Å². The minimum atomic E-state index is -1.02. The summed E-state index contributed by atoms with van der Waals surface area (Å²) >= 11 is 0. The van der Waals surface area contributed by atoms with E-state index < -0.39 is 16.6 Å². The van der Waals surface area contributed by atoms with Crippen molar-refractivity contribution in [3.05, 3.63) is 24.3 Å². The molecule has 0 bridgehead atoms. The van der Waals surface area contributed by atoms with Crippen LogP contribution in [0.5, 0.6) is 0 Å². The summed E-state index contributed by atoms with van der Waals surface area (Å²) in [6.07, 6.45) is 0. The van der Waals surface area contributed by atoms with Crippen LogP contribution in [0.25, 0.3) is 0 Å². The Hall–Kier alpha value is -0.600. The second-order valence-electron chi connectivity index (χ2n) is 5.46. The van der Waals surface area contributed by atoms with E-state index in [1.165, 1.54) is 0 Å². The molecule has 0 saturated carbocycles. The van der Waals surface area contributed by atoms with Crippen molar-refractivity contribution in [1.29, 1.82) is 0 Å². The normalized spacial score (nSPS) is 20.3. The molecule has 0 unspecified atom stereocenters. The van der Waals surface area contributed by atoms with Crippen LogP contribution in [0.4, 0.5) is 0 Å². The van der Waals surface area contributed by atoms with Gasteiger partial charge in [0, 0.05) is 11.0 Å². The van der Waals surface area contributed by atoms with Crippen molar-refractivity contribution in [2.24, 2.45) is 11.1 Å². The van der Waals surface area contributed by atoms with Gasteiger partial charge in [0.25, 0.3) is 0 Å². The summed E-state index contributed by atoms with van der Waals surface area (Å²) in [4.78, 5) is 0. The molecule has 2 heteroatoms. The van der Waals surface area contributed by atoms with E-state index in [-0.39, 0.29) is 0 Å². The van der Waals surface area contributed by atoms with Crippen LogP contribution in [0, 0.1) is 5.41 Å². The monoisotopic (exact) mass is 211 g/mol. The zero-order chi connectivity index (χ0) is 12.7. The molecule has 2 nitrogen and oxygen atoms in total. The number of hydrogen-bond acceptors (Lipinski definition) is 2. The molecule has 2 atom stereocenters. The van der Waals surface area contributed by atoms with Gasteiger partial charge >= 0.3 is 0 Å². The zero-order valence-corrected chi connectivity index (χ0v) is 10.9. The zero-order valence-electron chi connectivity index (χ0n) is 10.9. The fourth-order valence-corrected chi connectivity index (χ4v) is 1.57. The van der Waals surface area contributed by atoms with Crippen LogP contribution >= 0.6 is 0 Å². The number of rotatable bonds is 4. The molecule has 0 fully saturated rings. The van der Waals surface area contributed by atoms with Crippen molar-refractivity contribution >= 4 is 0 Å². The van der Waals surface area contributed by atoms with Crippen LogP contribution in [0.2, 0.25) is 0 Å². The Bertz CT molecular complexity index is 257. The molecule has 0 aromatic carbocycles. The SMILES string of the molecule is C=C(C)[C@](C)(O)C(C)(C)[C@](C)(N)C(=C)C. The van der Waals surface area contributed by atoms with Gasteiger partial charge in [-0.3, -0.25) is 0 Å². The molecule has 0 aromatic heterocycles. The summed E-state index contributed by atoms with van der Waals surface area (Å²) in [5.41, 5.74) is 5.64. The van der Waals surface area contributed by atoms with Gasteiger partial charge in [-0.05, 0) is 33.3 Å². The quantitative estimate of drug-likeness (QED) is 0.702. The maximum absolute atomic E-state index is 10.5. The van der Waals surface area contributed by atoms with Gasteiger partial charge in [-0.1, -0.05) is 32.6 Å². The summed E-state index contributed by atoms with van der Waals surface area (Å²) in [6, 6.07) is 0. The smallest absolute Gasteiger partial charge is 0.0894 e. The van der Waals surface area contributed by atoms with Crippen LogP contribution in [-0.2, 0) is 0 Å². The third kappa shape index (κ3) is 2.01. The van der Waals surface area contributed by atoms with Crippen molar-refractivity contribution in [3.63, 3.8) is 0 Å².